The SMILES string of the molecule is CCCCOc1ccc(CN2C(=O)CN(CCC)C(=O)c3ccccc32)cc1. The zero-order valence-electron chi connectivity index (χ0n) is 16.7. The maximum atomic E-state index is 13.0. The van der Waals surface area contributed by atoms with Crippen molar-refractivity contribution in [2.45, 2.75) is 39.7 Å². The Morgan fingerprint density at radius 1 is 0.964 bits per heavy atom. The molecule has 5 nitrogen and oxygen atoms in total. The minimum absolute atomic E-state index is 0.0602. The van der Waals surface area contributed by atoms with E-state index in [4.69, 9.17) is 4.74 Å². The van der Waals surface area contributed by atoms with Gasteiger partial charge in [-0.25, -0.2) is 0 Å². The molecule has 0 spiro atoms. The number of amides is 2. The van der Waals surface area contributed by atoms with Gasteiger partial charge in [0.15, 0.2) is 0 Å². The molecule has 1 aliphatic rings. The molecule has 148 valence electrons. The lowest BCUT2D eigenvalue weighted by Gasteiger charge is -2.23. The van der Waals surface area contributed by atoms with Crippen LogP contribution in [0, 0.1) is 0 Å². The zero-order chi connectivity index (χ0) is 19.9. The Balaban J connectivity index is 1.82. The molecule has 0 aromatic heterocycles. The van der Waals surface area contributed by atoms with Crippen LogP contribution in [0.3, 0.4) is 0 Å². The van der Waals surface area contributed by atoms with Gasteiger partial charge in [-0.1, -0.05) is 44.5 Å². The molecule has 28 heavy (non-hydrogen) atoms. The van der Waals surface area contributed by atoms with Crippen molar-refractivity contribution < 1.29 is 14.3 Å². The summed E-state index contributed by atoms with van der Waals surface area (Å²) in [7, 11) is 0. The molecule has 3 rings (SSSR count). The lowest BCUT2D eigenvalue weighted by molar-refractivity contribution is -0.119. The molecule has 1 heterocycles. The van der Waals surface area contributed by atoms with E-state index in [1.54, 1.807) is 15.9 Å². The summed E-state index contributed by atoms with van der Waals surface area (Å²) in [5.41, 5.74) is 2.27. The molecule has 0 saturated carbocycles. The van der Waals surface area contributed by atoms with E-state index in [0.717, 1.165) is 30.6 Å². The summed E-state index contributed by atoms with van der Waals surface area (Å²) < 4.78 is 5.71. The number of hydrogen-bond donors (Lipinski definition) is 0. The average Bonchev–Trinajstić information content (AvgIpc) is 2.81. The summed E-state index contributed by atoms with van der Waals surface area (Å²) in [5.74, 6) is 0.701. The van der Waals surface area contributed by atoms with Gasteiger partial charge in [0.1, 0.15) is 12.3 Å². The Morgan fingerprint density at radius 3 is 2.43 bits per heavy atom. The molecule has 2 aromatic rings. The first-order chi connectivity index (χ1) is 13.6. The topological polar surface area (TPSA) is 49.9 Å². The third-order valence-electron chi connectivity index (χ3n) is 4.86. The highest BCUT2D eigenvalue weighted by Crippen LogP contribution is 2.27. The minimum atomic E-state index is -0.0760. The van der Waals surface area contributed by atoms with Crippen molar-refractivity contribution in [1.82, 2.24) is 4.90 Å². The van der Waals surface area contributed by atoms with E-state index in [2.05, 4.69) is 6.92 Å². The molecule has 0 radical (unpaired) electrons. The molecule has 0 bridgehead atoms. The second-order valence-electron chi connectivity index (χ2n) is 7.07. The van der Waals surface area contributed by atoms with E-state index in [9.17, 15) is 9.59 Å². The van der Waals surface area contributed by atoms with Crippen molar-refractivity contribution in [1.29, 1.82) is 0 Å². The maximum absolute atomic E-state index is 13.0. The average molecular weight is 380 g/mol. The van der Waals surface area contributed by atoms with E-state index in [1.165, 1.54) is 0 Å². The van der Waals surface area contributed by atoms with Gasteiger partial charge in [-0.2, -0.15) is 0 Å². The Bertz CT molecular complexity index is 817. The summed E-state index contributed by atoms with van der Waals surface area (Å²) in [4.78, 5) is 29.2. The summed E-state index contributed by atoms with van der Waals surface area (Å²) in [5, 5.41) is 0. The first kappa shape index (κ1) is 19.9. The molecule has 0 atom stereocenters. The maximum Gasteiger partial charge on any atom is 0.256 e. The lowest BCUT2D eigenvalue weighted by atomic mass is 10.1. The number of anilines is 1. The number of benzene rings is 2. The van der Waals surface area contributed by atoms with Crippen LogP contribution in [0.4, 0.5) is 5.69 Å². The largest absolute Gasteiger partial charge is 0.494 e. The quantitative estimate of drug-likeness (QED) is 0.643. The van der Waals surface area contributed by atoms with E-state index < -0.39 is 0 Å². The number of unbranched alkanes of at least 4 members (excludes halogenated alkanes) is 1. The third-order valence-corrected chi connectivity index (χ3v) is 4.86. The van der Waals surface area contributed by atoms with Gasteiger partial charge in [0.2, 0.25) is 5.91 Å². The highest BCUT2D eigenvalue weighted by Gasteiger charge is 2.30. The van der Waals surface area contributed by atoms with E-state index in [0.29, 0.717) is 30.9 Å². The van der Waals surface area contributed by atoms with Crippen LogP contribution in [0.15, 0.2) is 48.5 Å². The fourth-order valence-electron chi connectivity index (χ4n) is 3.35. The van der Waals surface area contributed by atoms with E-state index >= 15 is 0 Å². The zero-order valence-corrected chi connectivity index (χ0v) is 16.7. The van der Waals surface area contributed by atoms with Gasteiger partial charge in [0, 0.05) is 6.54 Å². The van der Waals surface area contributed by atoms with Crippen LogP contribution in [-0.2, 0) is 11.3 Å². The molecule has 5 heteroatoms. The van der Waals surface area contributed by atoms with Gasteiger partial charge in [-0.15, -0.1) is 0 Å². The molecule has 2 amide bonds. The molecular weight excluding hydrogens is 352 g/mol. The molecule has 0 saturated heterocycles. The molecule has 0 fully saturated rings. The summed E-state index contributed by atoms with van der Waals surface area (Å²) in [6, 6.07) is 15.2. The second-order valence-corrected chi connectivity index (χ2v) is 7.07. The second kappa shape index (κ2) is 9.40. The fourth-order valence-corrected chi connectivity index (χ4v) is 3.35. The first-order valence-corrected chi connectivity index (χ1v) is 10.0. The molecular formula is C23H28N2O3. The number of hydrogen-bond acceptors (Lipinski definition) is 3. The van der Waals surface area contributed by atoms with Crippen molar-refractivity contribution in [3.63, 3.8) is 0 Å². The van der Waals surface area contributed by atoms with Crippen LogP contribution in [0.1, 0.15) is 49.0 Å². The normalized spacial score (nSPS) is 14.1. The number of ether oxygens (including phenoxy) is 1. The van der Waals surface area contributed by atoms with Crippen LogP contribution in [0.2, 0.25) is 0 Å². The Morgan fingerprint density at radius 2 is 1.71 bits per heavy atom. The predicted molar refractivity (Wildman–Crippen MR) is 111 cm³/mol. The van der Waals surface area contributed by atoms with Gasteiger partial charge >= 0.3 is 0 Å². The number of rotatable bonds is 8. The minimum Gasteiger partial charge on any atom is -0.494 e. The standard InChI is InChI=1S/C23H28N2O3/c1-3-5-15-28-19-12-10-18(11-13-19)16-25-21-9-7-6-8-20(21)23(27)24(14-4-2)17-22(25)26/h6-13H,3-5,14-17H2,1-2H3. The fraction of sp³-hybridized carbons (Fsp3) is 0.391. The van der Waals surface area contributed by atoms with Crippen molar-refractivity contribution >= 4 is 17.5 Å². The lowest BCUT2D eigenvalue weighted by Crippen LogP contribution is -2.39. The Hall–Kier alpha value is -2.82. The molecule has 0 aliphatic carbocycles. The van der Waals surface area contributed by atoms with Gasteiger partial charge in [0.05, 0.1) is 24.4 Å². The molecule has 1 aliphatic heterocycles. The van der Waals surface area contributed by atoms with Gasteiger partial charge in [-0.3, -0.25) is 9.59 Å². The van der Waals surface area contributed by atoms with Crippen molar-refractivity contribution in [3.8, 4) is 5.75 Å². The number of para-hydroxylation sites is 1. The van der Waals surface area contributed by atoms with Gasteiger partial charge in [-0.05, 0) is 42.7 Å². The summed E-state index contributed by atoms with van der Waals surface area (Å²) in [6.45, 7) is 5.98. The highest BCUT2D eigenvalue weighted by molar-refractivity contribution is 6.09. The smallest absolute Gasteiger partial charge is 0.256 e. The monoisotopic (exact) mass is 380 g/mol. The van der Waals surface area contributed by atoms with Crippen molar-refractivity contribution in [2.24, 2.45) is 0 Å². The highest BCUT2D eigenvalue weighted by atomic mass is 16.5. The van der Waals surface area contributed by atoms with Crippen LogP contribution < -0.4 is 9.64 Å². The van der Waals surface area contributed by atoms with Crippen LogP contribution in [0.5, 0.6) is 5.75 Å². The van der Waals surface area contributed by atoms with Crippen LogP contribution in [-0.4, -0.2) is 36.4 Å². The molecule has 0 N–H and O–H groups in total. The van der Waals surface area contributed by atoms with Crippen molar-refractivity contribution in [2.75, 3.05) is 24.6 Å². The predicted octanol–water partition coefficient (Wildman–Crippen LogP) is 4.26. The van der Waals surface area contributed by atoms with Crippen LogP contribution in [0.25, 0.3) is 0 Å². The number of nitrogens with zero attached hydrogens (tertiary/aromatic N) is 2. The van der Waals surface area contributed by atoms with E-state index in [1.807, 2.05) is 49.4 Å². The summed E-state index contributed by atoms with van der Waals surface area (Å²) >= 11 is 0. The van der Waals surface area contributed by atoms with E-state index in [-0.39, 0.29) is 18.4 Å². The Kier molecular flexibility index (Phi) is 6.69. The summed E-state index contributed by atoms with van der Waals surface area (Å²) in [6.07, 6.45) is 2.95. The van der Waals surface area contributed by atoms with Gasteiger partial charge < -0.3 is 14.5 Å². The molecule has 0 unspecified atom stereocenters. The van der Waals surface area contributed by atoms with Gasteiger partial charge in [0.25, 0.3) is 5.91 Å². The number of fused-ring (bicyclic) bond motifs is 1. The van der Waals surface area contributed by atoms with Crippen LogP contribution >= 0.6 is 0 Å². The van der Waals surface area contributed by atoms with Crippen molar-refractivity contribution in [3.05, 3.63) is 59.7 Å². The third kappa shape index (κ3) is 4.53. The Labute approximate surface area is 166 Å². The number of carbonyl (C=O) groups excluding carboxylic acids is 2. The number of carbonyl (C=O) groups is 2. The molecule has 2 aromatic carbocycles. The first-order valence-electron chi connectivity index (χ1n) is 10.0.